The number of quaternary nitrogens is 1. The van der Waals surface area contributed by atoms with Crippen molar-refractivity contribution in [3.05, 3.63) is 48.0 Å². The number of nitrogens with one attached hydrogen (secondary N) is 1. The Morgan fingerprint density at radius 3 is 2.48 bits per heavy atom. The van der Waals surface area contributed by atoms with E-state index >= 15 is 0 Å². The maximum Gasteiger partial charge on any atom is 0.231 e. The van der Waals surface area contributed by atoms with E-state index < -0.39 is 0 Å². The number of rotatable bonds is 3. The summed E-state index contributed by atoms with van der Waals surface area (Å²) in [6.45, 7) is 5.80. The molecule has 2 aliphatic heterocycles. The van der Waals surface area contributed by atoms with Crippen LogP contribution in [0.3, 0.4) is 0 Å². The molecule has 2 aromatic rings. The average molecular weight is 312 g/mol. The van der Waals surface area contributed by atoms with Gasteiger partial charge in [0.05, 0.1) is 26.2 Å². The third-order valence-corrected chi connectivity index (χ3v) is 4.62. The highest BCUT2D eigenvalue weighted by molar-refractivity contribution is 5.53. The van der Waals surface area contributed by atoms with Gasteiger partial charge in [-0.1, -0.05) is 0 Å². The number of nitrogens with zero attached hydrogens (tertiary/aromatic N) is 1. The first kappa shape index (κ1) is 14.2. The van der Waals surface area contributed by atoms with Crippen molar-refractivity contribution in [1.82, 2.24) is 0 Å². The molecule has 2 heterocycles. The minimum atomic E-state index is 0.339. The molecule has 2 aromatic carbocycles. The number of anilines is 2. The predicted molar refractivity (Wildman–Crippen MR) is 90.0 cm³/mol. The Bertz CT molecular complexity index is 679. The second-order valence-corrected chi connectivity index (χ2v) is 6.19. The van der Waals surface area contributed by atoms with Gasteiger partial charge < -0.3 is 25.0 Å². The van der Waals surface area contributed by atoms with Crippen LogP contribution in [0.1, 0.15) is 5.56 Å². The van der Waals surface area contributed by atoms with Crippen molar-refractivity contribution in [2.75, 3.05) is 43.6 Å². The smallest absolute Gasteiger partial charge is 0.231 e. The first-order valence-corrected chi connectivity index (χ1v) is 8.10. The molecule has 0 unspecified atom stereocenters. The van der Waals surface area contributed by atoms with Gasteiger partial charge in [-0.3, -0.25) is 0 Å². The molecule has 5 heteroatoms. The van der Waals surface area contributed by atoms with Crippen molar-refractivity contribution in [2.24, 2.45) is 0 Å². The number of ether oxygens (including phenoxy) is 2. The van der Waals surface area contributed by atoms with Crippen LogP contribution in [0.4, 0.5) is 11.4 Å². The Morgan fingerprint density at radius 1 is 0.957 bits per heavy atom. The molecular weight excluding hydrogens is 290 g/mol. The number of fused-ring (bicyclic) bond motifs is 1. The minimum absolute atomic E-state index is 0.339. The Morgan fingerprint density at radius 2 is 1.70 bits per heavy atom. The molecule has 0 aliphatic carbocycles. The van der Waals surface area contributed by atoms with Crippen molar-refractivity contribution in [3.63, 3.8) is 0 Å². The van der Waals surface area contributed by atoms with Crippen LogP contribution in [0.2, 0.25) is 0 Å². The van der Waals surface area contributed by atoms with E-state index in [0.717, 1.165) is 49.9 Å². The fourth-order valence-corrected chi connectivity index (χ4v) is 3.28. The maximum absolute atomic E-state index is 5.76. The van der Waals surface area contributed by atoms with Gasteiger partial charge in [-0.15, -0.1) is 0 Å². The van der Waals surface area contributed by atoms with Crippen molar-refractivity contribution in [3.8, 4) is 11.5 Å². The van der Waals surface area contributed by atoms with E-state index in [-0.39, 0.29) is 0 Å². The van der Waals surface area contributed by atoms with Gasteiger partial charge in [0, 0.05) is 16.9 Å². The largest absolute Gasteiger partial charge is 0.454 e. The number of hydrogen-bond acceptors (Lipinski definition) is 4. The second-order valence-electron chi connectivity index (χ2n) is 6.19. The molecule has 2 aliphatic rings. The zero-order chi connectivity index (χ0) is 15.6. The molecule has 1 saturated heterocycles. The van der Waals surface area contributed by atoms with Gasteiger partial charge in [-0.25, -0.2) is 0 Å². The van der Waals surface area contributed by atoms with Crippen LogP contribution >= 0.6 is 0 Å². The highest BCUT2D eigenvalue weighted by atomic mass is 16.7. The van der Waals surface area contributed by atoms with E-state index in [1.54, 1.807) is 4.90 Å². The zero-order valence-corrected chi connectivity index (χ0v) is 13.1. The summed E-state index contributed by atoms with van der Waals surface area (Å²) < 4.78 is 10.8. The lowest BCUT2D eigenvalue weighted by molar-refractivity contribution is -0.914. The Balaban J connectivity index is 1.35. The van der Waals surface area contributed by atoms with E-state index in [1.165, 1.54) is 11.3 Å². The summed E-state index contributed by atoms with van der Waals surface area (Å²) in [5.41, 5.74) is 9.16. The lowest BCUT2D eigenvalue weighted by atomic mass is 10.1. The molecule has 0 amide bonds. The average Bonchev–Trinajstić information content (AvgIpc) is 3.04. The number of piperazine rings is 1. The summed E-state index contributed by atoms with van der Waals surface area (Å²) in [4.78, 5) is 4.04. The molecular formula is C18H22N3O2+. The van der Waals surface area contributed by atoms with E-state index in [1.807, 2.05) is 18.2 Å². The molecule has 0 bridgehead atoms. The summed E-state index contributed by atoms with van der Waals surface area (Å²) in [6, 6.07) is 14.4. The van der Waals surface area contributed by atoms with Gasteiger partial charge in [0.15, 0.2) is 11.5 Å². The van der Waals surface area contributed by atoms with Crippen LogP contribution in [0.15, 0.2) is 42.5 Å². The summed E-state index contributed by atoms with van der Waals surface area (Å²) in [6.07, 6.45) is 0. The van der Waals surface area contributed by atoms with E-state index in [9.17, 15) is 0 Å². The predicted octanol–water partition coefficient (Wildman–Crippen LogP) is 0.903. The maximum atomic E-state index is 5.76. The standard InChI is InChI=1S/C18H21N3O2/c19-15-2-4-16(5-3-15)21-9-7-20(8-10-21)12-14-1-6-17-18(11-14)23-13-22-17/h1-6,11H,7-10,12-13,19H2/p+1. The molecule has 0 saturated carbocycles. The summed E-state index contributed by atoms with van der Waals surface area (Å²) >= 11 is 0. The van der Waals surface area contributed by atoms with Gasteiger partial charge in [0.2, 0.25) is 6.79 Å². The molecule has 0 radical (unpaired) electrons. The molecule has 1 fully saturated rings. The molecule has 3 N–H and O–H groups in total. The van der Waals surface area contributed by atoms with Crippen LogP contribution in [-0.2, 0) is 6.54 Å². The first-order valence-electron chi connectivity index (χ1n) is 8.10. The van der Waals surface area contributed by atoms with Crippen molar-refractivity contribution >= 4 is 11.4 Å². The van der Waals surface area contributed by atoms with E-state index in [2.05, 4.69) is 29.2 Å². The molecule has 5 nitrogen and oxygen atoms in total. The first-order chi connectivity index (χ1) is 11.3. The third-order valence-electron chi connectivity index (χ3n) is 4.62. The Kier molecular flexibility index (Phi) is 3.71. The van der Waals surface area contributed by atoms with Gasteiger partial charge in [-0.2, -0.15) is 0 Å². The number of nitrogens with two attached hydrogens (primary N) is 1. The van der Waals surface area contributed by atoms with Crippen molar-refractivity contribution in [2.45, 2.75) is 6.54 Å². The second kappa shape index (κ2) is 6.01. The van der Waals surface area contributed by atoms with E-state index in [4.69, 9.17) is 15.2 Å². The monoisotopic (exact) mass is 312 g/mol. The summed E-state index contributed by atoms with van der Waals surface area (Å²) in [5.74, 6) is 1.74. The lowest BCUT2D eigenvalue weighted by Gasteiger charge is -2.33. The molecule has 120 valence electrons. The third kappa shape index (κ3) is 3.05. The fraction of sp³-hybridized carbons (Fsp3) is 0.333. The Labute approximate surface area is 136 Å². The SMILES string of the molecule is Nc1ccc(N2CC[NH+](Cc3ccc4c(c3)OCO4)CC2)cc1. The fourth-order valence-electron chi connectivity index (χ4n) is 3.28. The number of nitrogen functional groups attached to an aromatic ring is 1. The topological polar surface area (TPSA) is 52.2 Å². The summed E-state index contributed by atoms with van der Waals surface area (Å²) in [5, 5.41) is 0. The van der Waals surface area contributed by atoms with Crippen LogP contribution in [-0.4, -0.2) is 33.0 Å². The van der Waals surface area contributed by atoms with E-state index in [0.29, 0.717) is 6.79 Å². The van der Waals surface area contributed by atoms with Crippen molar-refractivity contribution < 1.29 is 14.4 Å². The van der Waals surface area contributed by atoms with Crippen LogP contribution in [0, 0.1) is 0 Å². The zero-order valence-electron chi connectivity index (χ0n) is 13.1. The highest BCUT2D eigenvalue weighted by Gasteiger charge is 2.21. The molecule has 4 rings (SSSR count). The quantitative estimate of drug-likeness (QED) is 0.827. The van der Waals surface area contributed by atoms with Gasteiger partial charge in [-0.05, 0) is 42.5 Å². The molecule has 0 spiro atoms. The molecule has 0 atom stereocenters. The highest BCUT2D eigenvalue weighted by Crippen LogP contribution is 2.32. The number of hydrogen-bond donors (Lipinski definition) is 2. The van der Waals surface area contributed by atoms with Gasteiger partial charge >= 0.3 is 0 Å². The normalized spacial score (nSPS) is 17.5. The van der Waals surface area contributed by atoms with Gasteiger partial charge in [0.25, 0.3) is 0 Å². The lowest BCUT2D eigenvalue weighted by Crippen LogP contribution is -3.13. The number of benzene rings is 2. The van der Waals surface area contributed by atoms with Gasteiger partial charge in [0.1, 0.15) is 6.54 Å². The Hall–Kier alpha value is -2.40. The van der Waals surface area contributed by atoms with Crippen molar-refractivity contribution in [1.29, 1.82) is 0 Å². The molecule has 23 heavy (non-hydrogen) atoms. The minimum Gasteiger partial charge on any atom is -0.454 e. The van der Waals surface area contributed by atoms with Crippen LogP contribution in [0.5, 0.6) is 11.5 Å². The summed E-state index contributed by atoms with van der Waals surface area (Å²) in [7, 11) is 0. The van der Waals surface area contributed by atoms with Crippen LogP contribution in [0.25, 0.3) is 0 Å². The molecule has 0 aromatic heterocycles. The van der Waals surface area contributed by atoms with Crippen LogP contribution < -0.4 is 25.0 Å².